The van der Waals surface area contributed by atoms with Crippen LogP contribution in [0.3, 0.4) is 0 Å². The number of carboxylic acids is 1. The van der Waals surface area contributed by atoms with Gasteiger partial charge in [-0.1, -0.05) is 6.08 Å². The van der Waals surface area contributed by atoms with E-state index in [-0.39, 0.29) is 0 Å². The summed E-state index contributed by atoms with van der Waals surface area (Å²) in [7, 11) is 0. The minimum absolute atomic E-state index is 0.323. The van der Waals surface area contributed by atoms with E-state index in [0.29, 0.717) is 12.4 Å². The van der Waals surface area contributed by atoms with Gasteiger partial charge >= 0.3 is 5.97 Å². The van der Waals surface area contributed by atoms with Crippen molar-refractivity contribution in [3.8, 4) is 0 Å². The first-order valence-electron chi connectivity index (χ1n) is 4.53. The number of aromatic nitrogens is 2. The lowest BCUT2D eigenvalue weighted by Gasteiger charge is -2.12. The van der Waals surface area contributed by atoms with Gasteiger partial charge in [-0.3, -0.25) is 0 Å². The topological polar surface area (TPSA) is 75.1 Å². The Hall–Kier alpha value is -1.91. The molecule has 0 aromatic carbocycles. The van der Waals surface area contributed by atoms with E-state index in [2.05, 4.69) is 21.9 Å². The van der Waals surface area contributed by atoms with Gasteiger partial charge in [-0.2, -0.15) is 0 Å². The summed E-state index contributed by atoms with van der Waals surface area (Å²) in [6, 6.07) is 1.01. The predicted molar refractivity (Wildman–Crippen MR) is 56.6 cm³/mol. The van der Waals surface area contributed by atoms with E-state index in [1.807, 2.05) is 6.92 Å². The summed E-state index contributed by atoms with van der Waals surface area (Å²) < 4.78 is 0. The van der Waals surface area contributed by atoms with Gasteiger partial charge < -0.3 is 10.4 Å². The molecule has 1 aromatic heterocycles. The highest BCUT2D eigenvalue weighted by atomic mass is 16.4. The average molecular weight is 207 g/mol. The lowest BCUT2D eigenvalue weighted by atomic mass is 10.2. The molecule has 1 rings (SSSR count). The summed E-state index contributed by atoms with van der Waals surface area (Å²) in [4.78, 5) is 18.8. The summed E-state index contributed by atoms with van der Waals surface area (Å²) in [5.41, 5.74) is 0.787. The molecule has 0 fully saturated rings. The second kappa shape index (κ2) is 5.09. The van der Waals surface area contributed by atoms with Crippen LogP contribution in [0.2, 0.25) is 0 Å². The van der Waals surface area contributed by atoms with Crippen molar-refractivity contribution in [2.24, 2.45) is 0 Å². The molecule has 0 amide bonds. The number of hydrogen-bond acceptors (Lipinski definition) is 4. The molecule has 1 aromatic rings. The predicted octanol–water partition coefficient (Wildman–Crippen LogP) is 1.23. The minimum Gasteiger partial charge on any atom is -0.480 e. The quantitative estimate of drug-likeness (QED) is 0.710. The van der Waals surface area contributed by atoms with Crippen LogP contribution in [-0.4, -0.2) is 27.1 Å². The molecule has 0 spiro atoms. The molecule has 5 heteroatoms. The van der Waals surface area contributed by atoms with Crippen molar-refractivity contribution >= 4 is 11.9 Å². The van der Waals surface area contributed by atoms with Crippen molar-refractivity contribution in [3.63, 3.8) is 0 Å². The number of carboxylic acid groups (broad SMARTS) is 1. The number of nitrogens with one attached hydrogen (secondary N) is 1. The van der Waals surface area contributed by atoms with Crippen LogP contribution in [0.4, 0.5) is 5.95 Å². The number of anilines is 1. The van der Waals surface area contributed by atoms with Crippen LogP contribution in [0, 0.1) is 6.92 Å². The summed E-state index contributed by atoms with van der Waals surface area (Å²) in [5, 5.41) is 11.6. The lowest BCUT2D eigenvalue weighted by molar-refractivity contribution is -0.137. The third-order valence-electron chi connectivity index (χ3n) is 1.80. The first-order chi connectivity index (χ1) is 7.13. The van der Waals surface area contributed by atoms with Gasteiger partial charge in [0.15, 0.2) is 0 Å². The van der Waals surface area contributed by atoms with Crippen molar-refractivity contribution in [2.45, 2.75) is 19.4 Å². The van der Waals surface area contributed by atoms with Crippen molar-refractivity contribution in [2.75, 3.05) is 5.32 Å². The highest BCUT2D eigenvalue weighted by Gasteiger charge is 2.16. The van der Waals surface area contributed by atoms with Crippen LogP contribution >= 0.6 is 0 Å². The maximum Gasteiger partial charge on any atom is 0.326 e. The molecule has 0 aliphatic rings. The number of nitrogens with zero attached hydrogens (tertiary/aromatic N) is 2. The maximum absolute atomic E-state index is 10.8. The van der Waals surface area contributed by atoms with E-state index in [9.17, 15) is 4.79 Å². The van der Waals surface area contributed by atoms with E-state index in [1.54, 1.807) is 18.3 Å². The van der Waals surface area contributed by atoms with Crippen LogP contribution in [0.15, 0.2) is 24.9 Å². The molecule has 0 aliphatic carbocycles. The molecule has 1 heterocycles. The Morgan fingerprint density at radius 1 is 1.80 bits per heavy atom. The third-order valence-corrected chi connectivity index (χ3v) is 1.80. The third kappa shape index (κ3) is 3.38. The zero-order valence-corrected chi connectivity index (χ0v) is 8.47. The van der Waals surface area contributed by atoms with Crippen LogP contribution in [-0.2, 0) is 4.79 Å². The smallest absolute Gasteiger partial charge is 0.326 e. The molecule has 0 radical (unpaired) electrons. The fourth-order valence-corrected chi connectivity index (χ4v) is 1.06. The molecule has 0 bridgehead atoms. The fraction of sp³-hybridized carbons (Fsp3) is 0.300. The zero-order valence-electron chi connectivity index (χ0n) is 8.47. The Morgan fingerprint density at radius 2 is 2.53 bits per heavy atom. The Balaban J connectivity index is 2.73. The molecule has 1 unspecified atom stereocenters. The number of carbonyl (C=O) groups is 1. The Morgan fingerprint density at radius 3 is 3.07 bits per heavy atom. The van der Waals surface area contributed by atoms with Crippen molar-refractivity contribution < 1.29 is 9.90 Å². The SMILES string of the molecule is C=CCC(Nc1nccc(C)n1)C(=O)O. The van der Waals surface area contributed by atoms with Crippen LogP contribution in [0.1, 0.15) is 12.1 Å². The van der Waals surface area contributed by atoms with Crippen LogP contribution in [0.5, 0.6) is 0 Å². The van der Waals surface area contributed by atoms with E-state index < -0.39 is 12.0 Å². The van der Waals surface area contributed by atoms with Gasteiger partial charge in [0.1, 0.15) is 6.04 Å². The number of aliphatic carboxylic acids is 1. The first kappa shape index (κ1) is 11.2. The van der Waals surface area contributed by atoms with Gasteiger partial charge in [-0.25, -0.2) is 14.8 Å². The molecule has 0 saturated carbocycles. The van der Waals surface area contributed by atoms with Gasteiger partial charge in [0.2, 0.25) is 5.95 Å². The molecule has 15 heavy (non-hydrogen) atoms. The molecular formula is C10H13N3O2. The number of rotatable bonds is 5. The Bertz CT molecular complexity index is 365. The van der Waals surface area contributed by atoms with Crippen LogP contribution in [0.25, 0.3) is 0 Å². The Labute approximate surface area is 87.9 Å². The van der Waals surface area contributed by atoms with E-state index >= 15 is 0 Å². The summed E-state index contributed by atoms with van der Waals surface area (Å²) in [6.07, 6.45) is 3.45. The minimum atomic E-state index is -0.944. The Kier molecular flexibility index (Phi) is 3.79. The molecule has 1 atom stereocenters. The monoisotopic (exact) mass is 207 g/mol. The van der Waals surface area contributed by atoms with Crippen LogP contribution < -0.4 is 5.32 Å². The first-order valence-corrected chi connectivity index (χ1v) is 4.53. The second-order valence-corrected chi connectivity index (χ2v) is 3.08. The standard InChI is InChI=1S/C10H13N3O2/c1-3-4-8(9(14)15)13-10-11-6-5-7(2)12-10/h3,5-6,8H,1,4H2,2H3,(H,14,15)(H,11,12,13). The highest BCUT2D eigenvalue weighted by Crippen LogP contribution is 2.04. The van der Waals surface area contributed by atoms with E-state index in [0.717, 1.165) is 5.69 Å². The van der Waals surface area contributed by atoms with Gasteiger partial charge in [0.25, 0.3) is 0 Å². The van der Waals surface area contributed by atoms with Gasteiger partial charge in [0, 0.05) is 11.9 Å². The summed E-state index contributed by atoms with van der Waals surface area (Å²) >= 11 is 0. The van der Waals surface area contributed by atoms with Crippen molar-refractivity contribution in [1.82, 2.24) is 9.97 Å². The average Bonchev–Trinajstić information content (AvgIpc) is 2.17. The van der Waals surface area contributed by atoms with Gasteiger partial charge in [-0.05, 0) is 19.4 Å². The molecule has 0 saturated heterocycles. The van der Waals surface area contributed by atoms with Gasteiger partial charge in [0.05, 0.1) is 0 Å². The fourth-order valence-electron chi connectivity index (χ4n) is 1.06. The van der Waals surface area contributed by atoms with E-state index in [1.165, 1.54) is 0 Å². The number of aryl methyl sites for hydroxylation is 1. The largest absolute Gasteiger partial charge is 0.480 e. The molecule has 5 nitrogen and oxygen atoms in total. The molecule has 2 N–H and O–H groups in total. The van der Waals surface area contributed by atoms with Gasteiger partial charge in [-0.15, -0.1) is 6.58 Å². The number of hydrogen-bond donors (Lipinski definition) is 2. The highest BCUT2D eigenvalue weighted by molar-refractivity contribution is 5.76. The molecular weight excluding hydrogens is 194 g/mol. The summed E-state index contributed by atoms with van der Waals surface area (Å²) in [5.74, 6) is -0.621. The second-order valence-electron chi connectivity index (χ2n) is 3.08. The van der Waals surface area contributed by atoms with E-state index in [4.69, 9.17) is 5.11 Å². The summed E-state index contributed by atoms with van der Waals surface area (Å²) in [6.45, 7) is 5.31. The zero-order chi connectivity index (χ0) is 11.3. The van der Waals surface area contributed by atoms with Crippen molar-refractivity contribution in [1.29, 1.82) is 0 Å². The normalized spacial score (nSPS) is 11.8. The lowest BCUT2D eigenvalue weighted by Crippen LogP contribution is -2.29. The molecule has 80 valence electrons. The van der Waals surface area contributed by atoms with Crippen molar-refractivity contribution in [3.05, 3.63) is 30.6 Å². The maximum atomic E-state index is 10.8. The molecule has 0 aliphatic heterocycles.